The van der Waals surface area contributed by atoms with Crippen LogP contribution in [0.25, 0.3) is 0 Å². The van der Waals surface area contributed by atoms with E-state index in [4.69, 9.17) is 11.6 Å². The highest BCUT2D eigenvalue weighted by Gasteiger charge is 2.36. The number of amides is 1. The molecule has 0 saturated heterocycles. The van der Waals surface area contributed by atoms with E-state index in [-0.39, 0.29) is 5.92 Å². The third-order valence-electron chi connectivity index (χ3n) is 2.69. The van der Waals surface area contributed by atoms with Crippen LogP contribution in [0, 0.1) is 5.92 Å². The summed E-state index contributed by atoms with van der Waals surface area (Å²) < 4.78 is 0.849. The fourth-order valence-electron chi connectivity index (χ4n) is 1.81. The molecule has 0 saturated carbocycles. The van der Waals surface area contributed by atoms with Crippen molar-refractivity contribution in [3.8, 4) is 0 Å². The fraction of sp³-hybridized carbons (Fsp3) is 0.333. The van der Waals surface area contributed by atoms with Crippen LogP contribution >= 0.6 is 27.5 Å². The zero-order valence-corrected chi connectivity index (χ0v) is 11.6. The Balaban J connectivity index is 2.39. The van der Waals surface area contributed by atoms with Gasteiger partial charge in [0.1, 0.15) is 0 Å². The van der Waals surface area contributed by atoms with E-state index in [0.29, 0.717) is 23.7 Å². The van der Waals surface area contributed by atoms with Crippen molar-refractivity contribution < 1.29 is 9.59 Å². The van der Waals surface area contributed by atoms with Gasteiger partial charge in [0.2, 0.25) is 0 Å². The number of hydrogen-bond acceptors (Lipinski definition) is 2. The Labute approximate surface area is 113 Å². The summed E-state index contributed by atoms with van der Waals surface area (Å²) in [6.07, 6.45) is 0. The minimum atomic E-state index is -0.463. The molecule has 0 aliphatic carbocycles. The van der Waals surface area contributed by atoms with Gasteiger partial charge in [-0.15, -0.1) is 11.6 Å². The van der Waals surface area contributed by atoms with Gasteiger partial charge in [-0.1, -0.05) is 22.9 Å². The molecule has 1 aliphatic rings. The summed E-state index contributed by atoms with van der Waals surface area (Å²) in [5.41, 5.74) is 1.14. The Morgan fingerprint density at radius 2 is 2.12 bits per heavy atom. The van der Waals surface area contributed by atoms with E-state index in [1.165, 1.54) is 4.90 Å². The minimum Gasteiger partial charge on any atom is -0.304 e. The lowest BCUT2D eigenvalue weighted by atomic mass is 10.1. The molecule has 1 aliphatic heterocycles. The summed E-state index contributed by atoms with van der Waals surface area (Å²) in [5.74, 6) is -0.288. The van der Waals surface area contributed by atoms with Crippen molar-refractivity contribution in [1.82, 2.24) is 0 Å². The molecule has 1 unspecified atom stereocenters. The molecule has 1 atom stereocenters. The van der Waals surface area contributed by atoms with Gasteiger partial charge >= 0.3 is 0 Å². The van der Waals surface area contributed by atoms with Gasteiger partial charge < -0.3 is 4.90 Å². The lowest BCUT2D eigenvalue weighted by Gasteiger charge is -2.19. The van der Waals surface area contributed by atoms with Crippen LogP contribution in [0.5, 0.6) is 0 Å². The summed E-state index contributed by atoms with van der Waals surface area (Å²) in [6.45, 7) is 2.41. The van der Waals surface area contributed by atoms with Crippen molar-refractivity contribution in [2.24, 2.45) is 5.92 Å². The molecule has 1 amide bonds. The zero-order valence-electron chi connectivity index (χ0n) is 9.24. The van der Waals surface area contributed by atoms with Crippen molar-refractivity contribution in [3.05, 3.63) is 28.2 Å². The monoisotopic (exact) mass is 315 g/mol. The Hall–Kier alpha value is -0.870. The van der Waals surface area contributed by atoms with E-state index in [2.05, 4.69) is 15.9 Å². The fourth-order valence-corrected chi connectivity index (χ4v) is 2.26. The van der Waals surface area contributed by atoms with E-state index < -0.39 is 11.7 Å². The second-order valence-electron chi connectivity index (χ2n) is 4.17. The maximum absolute atomic E-state index is 11.8. The van der Waals surface area contributed by atoms with Crippen LogP contribution < -0.4 is 4.90 Å². The number of fused-ring (bicyclic) bond motifs is 1. The molecule has 0 fully saturated rings. The molecule has 0 bridgehead atoms. The first kappa shape index (κ1) is 12.6. The van der Waals surface area contributed by atoms with Crippen LogP contribution in [-0.2, 0) is 4.79 Å². The van der Waals surface area contributed by atoms with Gasteiger partial charge in [0, 0.05) is 16.9 Å². The molecule has 1 heterocycles. The van der Waals surface area contributed by atoms with Crippen molar-refractivity contribution in [1.29, 1.82) is 0 Å². The second kappa shape index (κ2) is 4.78. The molecule has 3 nitrogen and oxygen atoms in total. The molecule has 0 spiro atoms. The number of hydrogen-bond donors (Lipinski definition) is 0. The number of anilines is 1. The summed E-state index contributed by atoms with van der Waals surface area (Å²) >= 11 is 9.08. The highest BCUT2D eigenvalue weighted by Crippen LogP contribution is 2.32. The second-order valence-corrected chi connectivity index (χ2v) is 5.39. The van der Waals surface area contributed by atoms with Crippen LogP contribution in [0.2, 0.25) is 0 Å². The predicted molar refractivity (Wildman–Crippen MR) is 70.7 cm³/mol. The smallest absolute Gasteiger partial charge is 0.299 e. The number of ketones is 1. The van der Waals surface area contributed by atoms with Crippen molar-refractivity contribution >= 4 is 44.9 Å². The molecule has 0 aromatic heterocycles. The van der Waals surface area contributed by atoms with Crippen LogP contribution in [0.1, 0.15) is 17.3 Å². The van der Waals surface area contributed by atoms with Crippen molar-refractivity contribution in [2.75, 3.05) is 17.3 Å². The maximum Gasteiger partial charge on any atom is 0.299 e. The highest BCUT2D eigenvalue weighted by molar-refractivity contribution is 9.10. The first-order valence-electron chi connectivity index (χ1n) is 5.26. The lowest BCUT2D eigenvalue weighted by Crippen LogP contribution is -2.34. The van der Waals surface area contributed by atoms with E-state index in [1.54, 1.807) is 18.2 Å². The SMILES string of the molecule is CC(CCl)CN1C(=O)C(=O)c2ccc(Br)cc21. The van der Waals surface area contributed by atoms with Gasteiger partial charge in [-0.3, -0.25) is 9.59 Å². The van der Waals surface area contributed by atoms with Crippen LogP contribution in [0.4, 0.5) is 5.69 Å². The topological polar surface area (TPSA) is 37.4 Å². The van der Waals surface area contributed by atoms with Crippen LogP contribution in [-0.4, -0.2) is 24.1 Å². The third-order valence-corrected chi connectivity index (χ3v) is 3.71. The molecule has 0 N–H and O–H groups in total. The molecule has 1 aromatic carbocycles. The summed E-state index contributed by atoms with van der Waals surface area (Å²) in [7, 11) is 0. The number of carbonyl (C=O) groups excluding carboxylic acids is 2. The average molecular weight is 317 g/mol. The van der Waals surface area contributed by atoms with Crippen LogP contribution in [0.3, 0.4) is 0 Å². The molecule has 0 radical (unpaired) electrons. The Morgan fingerprint density at radius 3 is 2.76 bits per heavy atom. The third kappa shape index (κ3) is 2.24. The van der Waals surface area contributed by atoms with Gasteiger partial charge in [0.05, 0.1) is 11.3 Å². The van der Waals surface area contributed by atoms with E-state index >= 15 is 0 Å². The number of carbonyl (C=O) groups is 2. The van der Waals surface area contributed by atoms with Gasteiger partial charge in [-0.05, 0) is 24.1 Å². The quantitative estimate of drug-likeness (QED) is 0.635. The largest absolute Gasteiger partial charge is 0.304 e. The van der Waals surface area contributed by atoms with Gasteiger partial charge in [0.15, 0.2) is 0 Å². The number of benzene rings is 1. The van der Waals surface area contributed by atoms with Gasteiger partial charge in [-0.25, -0.2) is 0 Å². The van der Waals surface area contributed by atoms with E-state index in [9.17, 15) is 9.59 Å². The molecule has 90 valence electrons. The molecule has 2 rings (SSSR count). The molecule has 5 heteroatoms. The van der Waals surface area contributed by atoms with Crippen molar-refractivity contribution in [3.63, 3.8) is 0 Å². The molecule has 17 heavy (non-hydrogen) atoms. The molecular weight excluding hydrogens is 305 g/mol. The number of Topliss-reactive ketones (excluding diaryl/α,β-unsaturated/α-hetero) is 1. The summed E-state index contributed by atoms with van der Waals surface area (Å²) in [6, 6.07) is 5.22. The van der Waals surface area contributed by atoms with Gasteiger partial charge in [-0.2, -0.15) is 0 Å². The first-order chi connectivity index (χ1) is 8.04. The first-order valence-corrected chi connectivity index (χ1v) is 6.59. The average Bonchev–Trinajstić information content (AvgIpc) is 2.54. The molecule has 1 aromatic rings. The maximum atomic E-state index is 11.8. The Morgan fingerprint density at radius 1 is 1.41 bits per heavy atom. The Kier molecular flexibility index (Phi) is 3.54. The Bertz CT molecular complexity index is 489. The minimum absolute atomic E-state index is 0.151. The number of halogens is 2. The van der Waals surface area contributed by atoms with Crippen molar-refractivity contribution in [2.45, 2.75) is 6.92 Å². The van der Waals surface area contributed by atoms with Crippen LogP contribution in [0.15, 0.2) is 22.7 Å². The van der Waals surface area contributed by atoms with Gasteiger partial charge in [0.25, 0.3) is 11.7 Å². The zero-order chi connectivity index (χ0) is 12.6. The summed E-state index contributed by atoms with van der Waals surface area (Å²) in [4.78, 5) is 25.1. The summed E-state index contributed by atoms with van der Waals surface area (Å²) in [5, 5.41) is 0. The number of nitrogens with zero attached hydrogens (tertiary/aromatic N) is 1. The van der Waals surface area contributed by atoms with E-state index in [1.807, 2.05) is 6.92 Å². The predicted octanol–water partition coefficient (Wildman–Crippen LogP) is 2.85. The standard InChI is InChI=1S/C12H11BrClNO2/c1-7(5-14)6-15-10-4-8(13)2-3-9(10)11(16)12(15)17/h2-4,7H,5-6H2,1H3. The lowest BCUT2D eigenvalue weighted by molar-refractivity contribution is -0.114. The highest BCUT2D eigenvalue weighted by atomic mass is 79.9. The molecular formula is C12H11BrClNO2. The van der Waals surface area contributed by atoms with E-state index in [0.717, 1.165) is 4.47 Å². The normalized spacial score (nSPS) is 16.3. The number of alkyl halides is 1. The number of rotatable bonds is 3.